The van der Waals surface area contributed by atoms with Crippen LogP contribution in [0, 0.1) is 5.92 Å². The Hall–Kier alpha value is -3.20. The van der Waals surface area contributed by atoms with Crippen LogP contribution < -0.4 is 15.4 Å². The first-order valence-electron chi connectivity index (χ1n) is 10.9. The molecule has 0 saturated carbocycles. The second-order valence-corrected chi connectivity index (χ2v) is 8.59. The molecule has 2 aromatic rings. The van der Waals surface area contributed by atoms with E-state index >= 15 is 0 Å². The van der Waals surface area contributed by atoms with Crippen LogP contribution in [-0.4, -0.2) is 64.9 Å². The lowest BCUT2D eigenvalue weighted by atomic mass is 10.1. The van der Waals surface area contributed by atoms with E-state index in [0.717, 1.165) is 0 Å². The molecule has 10 heteroatoms. The Morgan fingerprint density at radius 1 is 1.24 bits per heavy atom. The van der Waals surface area contributed by atoms with Crippen molar-refractivity contribution in [2.45, 2.75) is 32.7 Å². The van der Waals surface area contributed by atoms with Gasteiger partial charge >= 0.3 is 0 Å². The highest BCUT2D eigenvalue weighted by molar-refractivity contribution is 6.31. The van der Waals surface area contributed by atoms with Crippen LogP contribution >= 0.6 is 11.6 Å². The monoisotopic (exact) mass is 473 g/mol. The van der Waals surface area contributed by atoms with E-state index in [4.69, 9.17) is 16.3 Å². The van der Waals surface area contributed by atoms with Crippen molar-refractivity contribution >= 4 is 29.3 Å². The van der Waals surface area contributed by atoms with E-state index in [1.165, 1.54) is 23.5 Å². The van der Waals surface area contributed by atoms with Gasteiger partial charge in [0.05, 0.1) is 24.3 Å². The number of halogens is 1. The molecule has 1 aromatic heterocycles. The minimum absolute atomic E-state index is 0.0540. The van der Waals surface area contributed by atoms with Gasteiger partial charge in [-0.1, -0.05) is 25.4 Å². The topological polar surface area (TPSA) is 114 Å². The number of nitrogens with one attached hydrogen (secondary N) is 2. The fourth-order valence-corrected chi connectivity index (χ4v) is 3.53. The first kappa shape index (κ1) is 24.4. The van der Waals surface area contributed by atoms with Gasteiger partial charge in [-0.25, -0.2) is 4.98 Å². The smallest absolute Gasteiger partial charge is 0.274 e. The summed E-state index contributed by atoms with van der Waals surface area (Å²) in [6.07, 6.45) is 5.50. The summed E-state index contributed by atoms with van der Waals surface area (Å²) in [6, 6.07) is 4.54. The maximum Gasteiger partial charge on any atom is 0.274 e. The Balaban J connectivity index is 1.82. The van der Waals surface area contributed by atoms with E-state index in [1.807, 2.05) is 13.8 Å². The van der Waals surface area contributed by atoms with Gasteiger partial charge in [0.2, 0.25) is 5.91 Å². The molecule has 3 rings (SSSR count). The fraction of sp³-hybridized carbons (Fsp3) is 0.435. The van der Waals surface area contributed by atoms with Crippen molar-refractivity contribution in [1.29, 1.82) is 0 Å². The highest BCUT2D eigenvalue weighted by atomic mass is 35.5. The minimum Gasteiger partial charge on any atom is -0.491 e. The molecule has 176 valence electrons. The average molecular weight is 474 g/mol. The zero-order valence-electron chi connectivity index (χ0n) is 18.7. The third kappa shape index (κ3) is 6.89. The van der Waals surface area contributed by atoms with E-state index < -0.39 is 0 Å². The third-order valence-electron chi connectivity index (χ3n) is 5.30. The normalized spacial score (nSPS) is 18.3. The predicted molar refractivity (Wildman–Crippen MR) is 123 cm³/mol. The standard InChI is InChI=1S/C23H28ClN5O4/c1-15(2)19-14-33-20-6-5-16(24)11-17(20)22(31)27-7-3-4-10-29(13-21(30)28-19)23(32)18-12-25-8-9-26-18/h5-6,8-9,11-12,15,19H,3-4,7,10,13-14H2,1-2H3,(H,27,31)(H,28,30)/t19-/m0/s1. The molecule has 1 aliphatic rings. The summed E-state index contributed by atoms with van der Waals surface area (Å²) < 4.78 is 5.92. The van der Waals surface area contributed by atoms with Gasteiger partial charge in [0.25, 0.3) is 11.8 Å². The van der Waals surface area contributed by atoms with Gasteiger partial charge < -0.3 is 20.3 Å². The number of amides is 3. The number of carbonyl (C=O) groups excluding carboxylic acids is 3. The summed E-state index contributed by atoms with van der Waals surface area (Å²) in [5.74, 6) is -0.509. The van der Waals surface area contributed by atoms with Crippen LogP contribution in [-0.2, 0) is 4.79 Å². The zero-order valence-corrected chi connectivity index (χ0v) is 19.5. The Morgan fingerprint density at radius 2 is 2.06 bits per heavy atom. The second-order valence-electron chi connectivity index (χ2n) is 8.15. The summed E-state index contributed by atoms with van der Waals surface area (Å²) in [6.45, 7) is 4.70. The maximum atomic E-state index is 12.9. The van der Waals surface area contributed by atoms with Crippen molar-refractivity contribution in [3.63, 3.8) is 0 Å². The number of hydrogen-bond donors (Lipinski definition) is 2. The van der Waals surface area contributed by atoms with Crippen LogP contribution in [0.2, 0.25) is 5.02 Å². The van der Waals surface area contributed by atoms with Crippen molar-refractivity contribution in [1.82, 2.24) is 25.5 Å². The number of ether oxygens (including phenoxy) is 1. The SMILES string of the molecule is CC(C)[C@@H]1COc2ccc(Cl)cc2C(=O)NCCCCN(C(=O)c2cnccn2)CC(=O)N1. The molecule has 0 saturated heterocycles. The van der Waals surface area contributed by atoms with Gasteiger partial charge in [0, 0.05) is 30.5 Å². The van der Waals surface area contributed by atoms with Gasteiger partial charge in [0.15, 0.2) is 0 Å². The number of fused-ring (bicyclic) bond motifs is 1. The molecule has 9 nitrogen and oxygen atoms in total. The van der Waals surface area contributed by atoms with Gasteiger partial charge in [-0.05, 0) is 37.0 Å². The first-order chi connectivity index (χ1) is 15.8. The van der Waals surface area contributed by atoms with Crippen LogP contribution in [0.3, 0.4) is 0 Å². The molecule has 3 amide bonds. The molecule has 1 aliphatic heterocycles. The zero-order chi connectivity index (χ0) is 23.8. The summed E-state index contributed by atoms with van der Waals surface area (Å²) in [7, 11) is 0. The van der Waals surface area contributed by atoms with Crippen LogP contribution in [0.5, 0.6) is 5.75 Å². The van der Waals surface area contributed by atoms with Gasteiger partial charge in [-0.3, -0.25) is 19.4 Å². The number of carbonyl (C=O) groups is 3. The lowest BCUT2D eigenvalue weighted by molar-refractivity contribution is -0.123. The largest absolute Gasteiger partial charge is 0.491 e. The Kier molecular flexibility index (Phi) is 8.59. The van der Waals surface area contributed by atoms with Crippen molar-refractivity contribution in [3.8, 4) is 5.75 Å². The molecule has 0 spiro atoms. The molecule has 0 bridgehead atoms. The number of hydrogen-bond acceptors (Lipinski definition) is 6. The number of benzene rings is 1. The molecule has 2 heterocycles. The van der Waals surface area contributed by atoms with E-state index in [-0.39, 0.29) is 48.5 Å². The number of nitrogens with zero attached hydrogens (tertiary/aromatic N) is 3. The van der Waals surface area contributed by atoms with Gasteiger partial charge in [0.1, 0.15) is 18.1 Å². The third-order valence-corrected chi connectivity index (χ3v) is 5.54. The molecular weight excluding hydrogens is 446 g/mol. The lowest BCUT2D eigenvalue weighted by Crippen LogP contribution is -2.48. The quantitative estimate of drug-likeness (QED) is 0.692. The predicted octanol–water partition coefficient (Wildman–Crippen LogP) is 2.32. The van der Waals surface area contributed by atoms with Crippen LogP contribution in [0.4, 0.5) is 0 Å². The number of aromatic nitrogens is 2. The van der Waals surface area contributed by atoms with Crippen molar-refractivity contribution in [2.75, 3.05) is 26.2 Å². The summed E-state index contributed by atoms with van der Waals surface area (Å²) in [5.41, 5.74) is 0.512. The molecule has 0 radical (unpaired) electrons. The molecule has 33 heavy (non-hydrogen) atoms. The van der Waals surface area contributed by atoms with E-state index in [2.05, 4.69) is 20.6 Å². The van der Waals surface area contributed by atoms with E-state index in [1.54, 1.807) is 18.2 Å². The van der Waals surface area contributed by atoms with Gasteiger partial charge in [-0.2, -0.15) is 0 Å². The van der Waals surface area contributed by atoms with Crippen molar-refractivity contribution < 1.29 is 19.1 Å². The molecule has 0 unspecified atom stereocenters. The highest BCUT2D eigenvalue weighted by Crippen LogP contribution is 2.23. The summed E-state index contributed by atoms with van der Waals surface area (Å²) in [5, 5.41) is 6.25. The summed E-state index contributed by atoms with van der Waals surface area (Å²) in [4.78, 5) is 47.9. The average Bonchev–Trinajstić information content (AvgIpc) is 2.81. The van der Waals surface area contributed by atoms with Crippen LogP contribution in [0.25, 0.3) is 0 Å². The van der Waals surface area contributed by atoms with Gasteiger partial charge in [-0.15, -0.1) is 0 Å². The Bertz CT molecular complexity index is 986. The second kappa shape index (κ2) is 11.6. The molecule has 1 atom stereocenters. The first-order valence-corrected chi connectivity index (χ1v) is 11.3. The molecule has 1 aromatic carbocycles. The van der Waals surface area contributed by atoms with Crippen molar-refractivity contribution in [3.05, 3.63) is 53.1 Å². The molecule has 2 N–H and O–H groups in total. The fourth-order valence-electron chi connectivity index (χ4n) is 3.36. The molecule has 0 aliphatic carbocycles. The minimum atomic E-state index is -0.369. The molecular formula is C23H28ClN5O4. The van der Waals surface area contributed by atoms with Crippen LogP contribution in [0.1, 0.15) is 47.5 Å². The Morgan fingerprint density at radius 3 is 2.79 bits per heavy atom. The molecule has 0 fully saturated rings. The van der Waals surface area contributed by atoms with E-state index in [9.17, 15) is 14.4 Å². The lowest BCUT2D eigenvalue weighted by Gasteiger charge is -2.26. The summed E-state index contributed by atoms with van der Waals surface area (Å²) >= 11 is 6.09. The highest BCUT2D eigenvalue weighted by Gasteiger charge is 2.24. The maximum absolute atomic E-state index is 12.9. The van der Waals surface area contributed by atoms with Crippen molar-refractivity contribution in [2.24, 2.45) is 5.92 Å². The Labute approximate surface area is 197 Å². The van der Waals surface area contributed by atoms with Crippen LogP contribution in [0.15, 0.2) is 36.8 Å². The number of rotatable bonds is 2. The van der Waals surface area contributed by atoms with E-state index in [0.29, 0.717) is 42.3 Å².